The molecule has 0 fully saturated rings. The fraction of sp³-hybridized carbons (Fsp3) is 0.500. The number of anilines is 1. The lowest BCUT2D eigenvalue weighted by atomic mass is 10.1. The van der Waals surface area contributed by atoms with Gasteiger partial charge >= 0.3 is 7.82 Å². The van der Waals surface area contributed by atoms with E-state index in [0.29, 0.717) is 24.5 Å². The van der Waals surface area contributed by atoms with Crippen LogP contribution in [-0.2, 0) is 4.57 Å². The van der Waals surface area contributed by atoms with Gasteiger partial charge in [0.1, 0.15) is 0 Å². The summed E-state index contributed by atoms with van der Waals surface area (Å²) in [4.78, 5) is 27.3. The van der Waals surface area contributed by atoms with Gasteiger partial charge in [-0.2, -0.15) is 0 Å². The van der Waals surface area contributed by atoms with Crippen LogP contribution in [0.1, 0.15) is 40.4 Å². The molecule has 1 atom stereocenters. The first-order valence-corrected chi connectivity index (χ1v) is 10.3. The van der Waals surface area contributed by atoms with Crippen molar-refractivity contribution >= 4 is 36.0 Å². The molecule has 1 unspecified atom stereocenters. The van der Waals surface area contributed by atoms with E-state index in [4.69, 9.17) is 37.7 Å². The molecule has 0 saturated heterocycles. The summed E-state index contributed by atoms with van der Waals surface area (Å²) in [5, 5.41) is 5.09. The molecule has 1 aromatic carbocycles. The quantitative estimate of drug-likeness (QED) is 0.478. The van der Waals surface area contributed by atoms with Crippen molar-refractivity contribution in [2.24, 2.45) is 0 Å². The Kier molecular flexibility index (Phi) is 7.18. The van der Waals surface area contributed by atoms with Gasteiger partial charge < -0.3 is 24.9 Å². The van der Waals surface area contributed by atoms with Gasteiger partial charge in [0.25, 0.3) is 0 Å². The Labute approximate surface area is 172 Å². The standard InChI is InChI=1S/C18H26ClN3.H3O4P/c1-4-22(5-2)12-6-7-14(3)21-17-10-11-20-18-13-15(19)8-9-16(17)18;1-5(2,3)4/h8-11,13-14H,4-7,12H2,1-3H3,(H,20,21);(H3,1,2,3,4)/i1D3,4D2;. The maximum Gasteiger partial charge on any atom is 0.466 e. The van der Waals surface area contributed by atoms with Crippen molar-refractivity contribution < 1.29 is 26.1 Å². The van der Waals surface area contributed by atoms with Crippen molar-refractivity contribution in [3.8, 4) is 0 Å². The summed E-state index contributed by atoms with van der Waals surface area (Å²) in [6, 6.07) is 7.64. The number of aromatic nitrogens is 1. The zero-order valence-corrected chi connectivity index (χ0v) is 16.9. The zero-order valence-electron chi connectivity index (χ0n) is 20.3. The highest BCUT2D eigenvalue weighted by Gasteiger charge is 2.07. The topological polar surface area (TPSA) is 106 Å². The third-order valence-electron chi connectivity index (χ3n) is 3.71. The second kappa shape index (κ2) is 11.6. The predicted molar refractivity (Wildman–Crippen MR) is 111 cm³/mol. The molecular formula is C18H29ClN3O4P. The molecule has 0 bridgehead atoms. The first-order valence-electron chi connectivity index (χ1n) is 10.9. The Hall–Kier alpha value is -1.21. The highest BCUT2D eigenvalue weighted by Crippen LogP contribution is 2.26. The van der Waals surface area contributed by atoms with Crippen molar-refractivity contribution in [3.63, 3.8) is 0 Å². The van der Waals surface area contributed by atoms with Crippen LogP contribution in [0.25, 0.3) is 10.9 Å². The van der Waals surface area contributed by atoms with Gasteiger partial charge in [0.2, 0.25) is 0 Å². The van der Waals surface area contributed by atoms with Gasteiger partial charge in [0, 0.05) is 35.2 Å². The number of hydrogen-bond donors (Lipinski definition) is 4. The maximum absolute atomic E-state index is 8.88. The maximum atomic E-state index is 8.88. The molecule has 4 N–H and O–H groups in total. The average Bonchev–Trinajstić information content (AvgIpc) is 2.62. The molecule has 1 aromatic heterocycles. The summed E-state index contributed by atoms with van der Waals surface area (Å²) in [7, 11) is -4.64. The van der Waals surface area contributed by atoms with E-state index in [1.54, 1.807) is 13.1 Å². The lowest BCUT2D eigenvalue weighted by Gasteiger charge is -2.20. The number of halogens is 1. The van der Waals surface area contributed by atoms with E-state index in [-0.39, 0.29) is 6.04 Å². The Morgan fingerprint density at radius 1 is 1.41 bits per heavy atom. The highest BCUT2D eigenvalue weighted by molar-refractivity contribution is 7.45. The molecule has 1 heterocycles. The fourth-order valence-electron chi connectivity index (χ4n) is 2.47. The van der Waals surface area contributed by atoms with Gasteiger partial charge in [-0.25, -0.2) is 4.57 Å². The fourth-order valence-corrected chi connectivity index (χ4v) is 2.63. The van der Waals surface area contributed by atoms with E-state index in [0.717, 1.165) is 23.0 Å². The molecule has 9 heteroatoms. The lowest BCUT2D eigenvalue weighted by Crippen LogP contribution is -2.25. The monoisotopic (exact) mass is 422 g/mol. The zero-order chi connectivity index (χ0) is 24.7. The lowest BCUT2D eigenvalue weighted by molar-refractivity contribution is 0.275. The van der Waals surface area contributed by atoms with Crippen molar-refractivity contribution in [1.29, 1.82) is 0 Å². The minimum atomic E-state index is -4.64. The number of phosphoric acid groups is 1. The first kappa shape index (κ1) is 16.7. The SMILES string of the molecule is O=P(O)(O)O.[2H]C([2H])([2H])C([2H])([2H])N(CC)CCCC(C)Nc1ccnc2cc(Cl)ccc12. The summed E-state index contributed by atoms with van der Waals surface area (Å²) in [6.07, 6.45) is 3.20. The van der Waals surface area contributed by atoms with E-state index >= 15 is 0 Å². The molecule has 7 nitrogen and oxygen atoms in total. The first-order chi connectivity index (χ1) is 14.6. The van der Waals surface area contributed by atoms with Crippen LogP contribution in [0, 0.1) is 0 Å². The molecule has 0 radical (unpaired) electrons. The van der Waals surface area contributed by atoms with E-state index in [2.05, 4.69) is 17.2 Å². The molecule has 0 amide bonds. The molecule has 0 aliphatic carbocycles. The largest absolute Gasteiger partial charge is 0.466 e. The van der Waals surface area contributed by atoms with Crippen molar-refractivity contribution in [3.05, 3.63) is 35.5 Å². The smallest absolute Gasteiger partial charge is 0.382 e. The van der Waals surface area contributed by atoms with Gasteiger partial charge in [0.15, 0.2) is 0 Å². The number of rotatable bonds is 8. The van der Waals surface area contributed by atoms with Gasteiger partial charge in [-0.05, 0) is 63.6 Å². The molecule has 152 valence electrons. The van der Waals surface area contributed by atoms with Gasteiger partial charge in [-0.3, -0.25) is 4.98 Å². The van der Waals surface area contributed by atoms with E-state index in [1.807, 2.05) is 24.3 Å². The Balaban J connectivity index is 0.000000920. The number of fused-ring (bicyclic) bond motifs is 1. The minimum Gasteiger partial charge on any atom is -0.382 e. The van der Waals surface area contributed by atoms with Crippen molar-refractivity contribution in [2.75, 3.05) is 24.9 Å². The molecule has 0 saturated carbocycles. The van der Waals surface area contributed by atoms with Gasteiger partial charge in [0.05, 0.1) is 5.52 Å². The number of benzene rings is 1. The number of pyridine rings is 1. The van der Waals surface area contributed by atoms with E-state index in [9.17, 15) is 0 Å². The molecule has 0 aliphatic heterocycles. The molecular weight excluding hydrogens is 389 g/mol. The minimum absolute atomic E-state index is 0.142. The Morgan fingerprint density at radius 2 is 2.11 bits per heavy atom. The van der Waals surface area contributed by atoms with Crippen LogP contribution in [0.2, 0.25) is 5.02 Å². The third kappa shape index (κ3) is 10.1. The van der Waals surface area contributed by atoms with E-state index < -0.39 is 21.2 Å². The van der Waals surface area contributed by atoms with Crippen LogP contribution in [0.5, 0.6) is 0 Å². The van der Waals surface area contributed by atoms with E-state index in [1.165, 1.54) is 4.90 Å². The van der Waals surface area contributed by atoms with Crippen LogP contribution in [0.3, 0.4) is 0 Å². The third-order valence-corrected chi connectivity index (χ3v) is 3.95. The average molecular weight is 423 g/mol. The molecule has 2 aromatic rings. The van der Waals surface area contributed by atoms with Crippen LogP contribution in [-0.4, -0.2) is 50.2 Å². The van der Waals surface area contributed by atoms with Crippen LogP contribution in [0.4, 0.5) is 5.69 Å². The van der Waals surface area contributed by atoms with Crippen molar-refractivity contribution in [1.82, 2.24) is 9.88 Å². The van der Waals surface area contributed by atoms with Crippen molar-refractivity contribution in [2.45, 2.75) is 39.6 Å². The second-order valence-corrected chi connectivity index (χ2v) is 7.38. The molecule has 27 heavy (non-hydrogen) atoms. The van der Waals surface area contributed by atoms with Gasteiger partial charge in [-0.15, -0.1) is 0 Å². The van der Waals surface area contributed by atoms with Crippen LogP contribution >= 0.6 is 19.4 Å². The normalized spacial score (nSPS) is 16.3. The van der Waals surface area contributed by atoms with Gasteiger partial charge in [-0.1, -0.05) is 25.4 Å². The highest BCUT2D eigenvalue weighted by atomic mass is 35.5. The predicted octanol–water partition coefficient (Wildman–Crippen LogP) is 3.88. The summed E-state index contributed by atoms with van der Waals surface area (Å²) in [5.41, 5.74) is 1.79. The molecule has 0 spiro atoms. The molecule has 2 rings (SSSR count). The summed E-state index contributed by atoms with van der Waals surface area (Å²) in [5.74, 6) is 0. The second-order valence-electron chi connectivity index (χ2n) is 5.91. The summed E-state index contributed by atoms with van der Waals surface area (Å²) in [6.45, 7) is -0.414. The van der Waals surface area contributed by atoms with Crippen LogP contribution in [0.15, 0.2) is 30.5 Å². The Bertz CT molecular complexity index is 921. The summed E-state index contributed by atoms with van der Waals surface area (Å²) < 4.78 is 46.9. The number of nitrogens with zero attached hydrogens (tertiary/aromatic N) is 2. The van der Waals surface area contributed by atoms with Crippen LogP contribution < -0.4 is 5.32 Å². The molecule has 0 aliphatic rings. The summed E-state index contributed by atoms with van der Waals surface area (Å²) >= 11 is 6.02. The number of hydrogen-bond acceptors (Lipinski definition) is 4. The Morgan fingerprint density at radius 3 is 2.74 bits per heavy atom. The number of nitrogens with one attached hydrogen (secondary N) is 1.